The molecule has 1 aromatic heterocycles. The van der Waals surface area contributed by atoms with Crippen LogP contribution in [-0.4, -0.2) is 20.1 Å². The number of para-hydroxylation sites is 1. The lowest BCUT2D eigenvalue weighted by molar-refractivity contribution is 0.0921. The number of furan rings is 1. The van der Waals surface area contributed by atoms with Gasteiger partial charge in [0.2, 0.25) is 0 Å². The van der Waals surface area contributed by atoms with E-state index in [4.69, 9.17) is 13.9 Å². The third-order valence-corrected chi connectivity index (χ3v) is 5.94. The molecule has 0 aliphatic carbocycles. The van der Waals surface area contributed by atoms with E-state index in [2.05, 4.69) is 37.4 Å². The maximum atomic E-state index is 12.5. The summed E-state index contributed by atoms with van der Waals surface area (Å²) in [6, 6.07) is 15.4. The second kappa shape index (κ2) is 9.56. The number of amides is 1. The predicted octanol–water partition coefficient (Wildman–Crippen LogP) is 5.14. The molecule has 0 aliphatic heterocycles. The van der Waals surface area contributed by atoms with Gasteiger partial charge in [-0.15, -0.1) is 11.8 Å². The number of ether oxygens (including phenoxy) is 2. The van der Waals surface area contributed by atoms with Gasteiger partial charge in [-0.2, -0.15) is 0 Å². The Kier molecular flexibility index (Phi) is 6.88. The number of hydrogen-bond donors (Lipinski definition) is 1. The Bertz CT molecular complexity index is 976. The summed E-state index contributed by atoms with van der Waals surface area (Å²) in [5.74, 6) is 2.70. The number of carbonyl (C=O) groups excluding carboxylic acids is 1. The number of benzene rings is 2. The second-order valence-corrected chi connectivity index (χ2v) is 7.60. The van der Waals surface area contributed by atoms with Crippen molar-refractivity contribution in [2.75, 3.05) is 14.2 Å². The maximum Gasteiger partial charge on any atom is 0.287 e. The lowest BCUT2D eigenvalue weighted by Gasteiger charge is -2.12. The Balaban J connectivity index is 1.61. The zero-order valence-electron chi connectivity index (χ0n) is 17.1. The lowest BCUT2D eigenvalue weighted by atomic mass is 10.2. The SMILES string of the molecule is COc1cccc(CNC(=O)c2ccc(CSc3c(C)cccc3C)o2)c1OC. The third-order valence-electron chi connectivity index (χ3n) is 4.58. The average Bonchev–Trinajstić information content (AvgIpc) is 3.20. The third kappa shape index (κ3) is 4.95. The average molecular weight is 412 g/mol. The van der Waals surface area contributed by atoms with Crippen molar-refractivity contribution in [1.29, 1.82) is 0 Å². The fourth-order valence-electron chi connectivity index (χ4n) is 3.10. The van der Waals surface area contributed by atoms with Crippen LogP contribution in [0.15, 0.2) is 57.8 Å². The number of aryl methyl sites for hydroxylation is 2. The van der Waals surface area contributed by atoms with Crippen molar-refractivity contribution in [3.8, 4) is 11.5 Å². The van der Waals surface area contributed by atoms with Gasteiger partial charge in [-0.3, -0.25) is 4.79 Å². The van der Waals surface area contributed by atoms with Crippen LogP contribution in [0.5, 0.6) is 11.5 Å². The summed E-state index contributed by atoms with van der Waals surface area (Å²) < 4.78 is 16.4. The number of thioether (sulfide) groups is 1. The standard InChI is InChI=1S/C23H25NO4S/c1-15-7-5-8-16(2)22(15)29-14-18-11-12-20(28-18)23(25)24-13-17-9-6-10-19(26-3)21(17)27-4/h5-12H,13-14H2,1-4H3,(H,24,25). The van der Waals surface area contributed by atoms with Crippen molar-refractivity contribution in [3.63, 3.8) is 0 Å². The molecule has 0 spiro atoms. The van der Waals surface area contributed by atoms with Crippen molar-refractivity contribution >= 4 is 17.7 Å². The van der Waals surface area contributed by atoms with Gasteiger partial charge in [0, 0.05) is 17.0 Å². The summed E-state index contributed by atoms with van der Waals surface area (Å²) in [4.78, 5) is 13.7. The van der Waals surface area contributed by atoms with E-state index in [-0.39, 0.29) is 5.91 Å². The zero-order valence-corrected chi connectivity index (χ0v) is 17.9. The van der Waals surface area contributed by atoms with Crippen molar-refractivity contribution in [2.24, 2.45) is 0 Å². The van der Waals surface area contributed by atoms with Crippen LogP contribution in [0, 0.1) is 13.8 Å². The highest BCUT2D eigenvalue weighted by molar-refractivity contribution is 7.98. The molecule has 5 nitrogen and oxygen atoms in total. The Hall–Kier alpha value is -2.86. The molecule has 29 heavy (non-hydrogen) atoms. The Morgan fingerprint density at radius 2 is 1.72 bits per heavy atom. The molecule has 0 bridgehead atoms. The molecule has 0 atom stereocenters. The van der Waals surface area contributed by atoms with Gasteiger partial charge in [0.05, 0.1) is 20.0 Å². The minimum atomic E-state index is -0.266. The number of carbonyl (C=O) groups is 1. The Morgan fingerprint density at radius 1 is 1.00 bits per heavy atom. The van der Waals surface area contributed by atoms with E-state index in [1.807, 2.05) is 24.3 Å². The normalized spacial score (nSPS) is 10.6. The fourth-order valence-corrected chi connectivity index (χ4v) is 4.14. The first kappa shape index (κ1) is 20.9. The highest BCUT2D eigenvalue weighted by atomic mass is 32.2. The van der Waals surface area contributed by atoms with Gasteiger partial charge in [-0.25, -0.2) is 0 Å². The van der Waals surface area contributed by atoms with E-state index in [9.17, 15) is 4.79 Å². The van der Waals surface area contributed by atoms with E-state index >= 15 is 0 Å². The van der Waals surface area contributed by atoms with E-state index in [1.54, 1.807) is 32.0 Å². The van der Waals surface area contributed by atoms with Crippen LogP contribution in [0.4, 0.5) is 0 Å². The smallest absolute Gasteiger partial charge is 0.287 e. The molecule has 1 heterocycles. The van der Waals surface area contributed by atoms with Gasteiger partial charge in [-0.05, 0) is 43.2 Å². The highest BCUT2D eigenvalue weighted by Gasteiger charge is 2.14. The number of rotatable bonds is 8. The minimum Gasteiger partial charge on any atom is -0.493 e. The molecule has 0 saturated carbocycles. The quantitative estimate of drug-likeness (QED) is 0.520. The van der Waals surface area contributed by atoms with Crippen LogP contribution < -0.4 is 14.8 Å². The topological polar surface area (TPSA) is 60.7 Å². The first-order valence-corrected chi connectivity index (χ1v) is 10.3. The van der Waals surface area contributed by atoms with Crippen LogP contribution in [0.2, 0.25) is 0 Å². The molecule has 0 saturated heterocycles. The monoisotopic (exact) mass is 411 g/mol. The first-order valence-electron chi connectivity index (χ1n) is 9.29. The van der Waals surface area contributed by atoms with Crippen molar-refractivity contribution < 1.29 is 18.7 Å². The fraction of sp³-hybridized carbons (Fsp3) is 0.261. The van der Waals surface area contributed by atoms with E-state index in [1.165, 1.54) is 16.0 Å². The molecule has 6 heteroatoms. The van der Waals surface area contributed by atoms with Crippen molar-refractivity contribution in [3.05, 3.63) is 76.7 Å². The van der Waals surface area contributed by atoms with Gasteiger partial charge >= 0.3 is 0 Å². The minimum absolute atomic E-state index is 0.266. The Morgan fingerprint density at radius 3 is 2.41 bits per heavy atom. The van der Waals surface area contributed by atoms with Gasteiger partial charge in [-0.1, -0.05) is 30.3 Å². The molecule has 0 fully saturated rings. The Labute approximate surface area is 175 Å². The molecular formula is C23H25NO4S. The van der Waals surface area contributed by atoms with Crippen LogP contribution in [0.3, 0.4) is 0 Å². The van der Waals surface area contributed by atoms with Crippen LogP contribution in [0.1, 0.15) is 33.0 Å². The van der Waals surface area contributed by atoms with Gasteiger partial charge in [0.1, 0.15) is 5.76 Å². The van der Waals surface area contributed by atoms with Crippen molar-refractivity contribution in [2.45, 2.75) is 31.0 Å². The largest absolute Gasteiger partial charge is 0.493 e. The molecule has 1 amide bonds. The summed E-state index contributed by atoms with van der Waals surface area (Å²) >= 11 is 1.72. The van der Waals surface area contributed by atoms with E-state index < -0.39 is 0 Å². The summed E-state index contributed by atoms with van der Waals surface area (Å²) in [6.45, 7) is 4.51. The van der Waals surface area contributed by atoms with Crippen molar-refractivity contribution in [1.82, 2.24) is 5.32 Å². The molecule has 0 aliphatic rings. The molecular weight excluding hydrogens is 386 g/mol. The molecule has 0 unspecified atom stereocenters. The van der Waals surface area contributed by atoms with Gasteiger partial charge < -0.3 is 19.2 Å². The molecule has 152 valence electrons. The van der Waals surface area contributed by atoms with Gasteiger partial charge in [0.15, 0.2) is 17.3 Å². The summed E-state index contributed by atoms with van der Waals surface area (Å²) in [6.07, 6.45) is 0. The highest BCUT2D eigenvalue weighted by Crippen LogP contribution is 2.31. The van der Waals surface area contributed by atoms with Crippen LogP contribution in [-0.2, 0) is 12.3 Å². The molecule has 1 N–H and O–H groups in total. The second-order valence-electron chi connectivity index (χ2n) is 6.61. The zero-order chi connectivity index (χ0) is 20.8. The molecule has 3 rings (SSSR count). The molecule has 2 aromatic carbocycles. The predicted molar refractivity (Wildman–Crippen MR) is 115 cm³/mol. The van der Waals surface area contributed by atoms with Crippen LogP contribution >= 0.6 is 11.8 Å². The van der Waals surface area contributed by atoms with E-state index in [0.29, 0.717) is 29.6 Å². The summed E-state index contributed by atoms with van der Waals surface area (Å²) in [5, 5.41) is 2.87. The summed E-state index contributed by atoms with van der Waals surface area (Å²) in [7, 11) is 3.16. The molecule has 3 aromatic rings. The maximum absolute atomic E-state index is 12.5. The number of nitrogens with one attached hydrogen (secondary N) is 1. The molecule has 0 radical (unpaired) electrons. The first-order chi connectivity index (χ1) is 14.0. The van der Waals surface area contributed by atoms with Gasteiger partial charge in [0.25, 0.3) is 5.91 Å². The summed E-state index contributed by atoms with van der Waals surface area (Å²) in [5.41, 5.74) is 3.32. The number of hydrogen-bond acceptors (Lipinski definition) is 5. The number of methoxy groups -OCH3 is 2. The lowest BCUT2D eigenvalue weighted by Crippen LogP contribution is -2.22. The van der Waals surface area contributed by atoms with Crippen LogP contribution in [0.25, 0.3) is 0 Å². The van der Waals surface area contributed by atoms with E-state index in [0.717, 1.165) is 11.3 Å².